The van der Waals surface area contributed by atoms with E-state index in [0.29, 0.717) is 19.0 Å². The van der Waals surface area contributed by atoms with Crippen molar-refractivity contribution in [1.29, 1.82) is 0 Å². The molecule has 1 aliphatic heterocycles. The molecule has 1 heterocycles. The van der Waals surface area contributed by atoms with Crippen LogP contribution >= 0.6 is 11.8 Å². The SMILES string of the molecule is C/C=C\C(S/C=C/NCC(C=NC)N(CCC)CCC(C)COCC)=C1/CNCC1F. The number of aliphatic imine (C=N–C) groups is 1. The molecule has 7 heteroatoms. The van der Waals surface area contributed by atoms with Crippen molar-refractivity contribution >= 4 is 18.0 Å². The summed E-state index contributed by atoms with van der Waals surface area (Å²) in [6, 6.07) is 0.238. The number of halogens is 1. The van der Waals surface area contributed by atoms with E-state index >= 15 is 0 Å². The number of ether oxygens (including phenoxy) is 1. The van der Waals surface area contributed by atoms with Gasteiger partial charge >= 0.3 is 0 Å². The zero-order chi connectivity index (χ0) is 22.9. The van der Waals surface area contributed by atoms with E-state index in [4.69, 9.17) is 4.74 Å². The van der Waals surface area contributed by atoms with Gasteiger partial charge in [0.05, 0.1) is 6.04 Å². The van der Waals surface area contributed by atoms with Crippen molar-refractivity contribution in [2.75, 3.05) is 53.0 Å². The van der Waals surface area contributed by atoms with Crippen molar-refractivity contribution in [1.82, 2.24) is 15.5 Å². The first-order chi connectivity index (χ1) is 15.1. The van der Waals surface area contributed by atoms with Gasteiger partial charge < -0.3 is 15.4 Å². The third-order valence-corrected chi connectivity index (χ3v) is 6.10. The standard InChI is InChI=1S/C24H43FN4OS/c1-6-9-24(22-17-28-18-23(22)25)31-14-11-27-16-21(15-26-5)29(12-7-2)13-10-20(4)19-30-8-3/h6,9,11,14-15,20-21,23,27-28H,7-8,10,12-13,16-19H2,1-5H3/b9-6-,14-11+,24-22-,26-15?. The van der Waals surface area contributed by atoms with Crippen LogP contribution in [0.4, 0.5) is 4.39 Å². The van der Waals surface area contributed by atoms with Crippen LogP contribution in [0.5, 0.6) is 0 Å². The molecular formula is C24H43FN4OS. The average Bonchev–Trinajstić information content (AvgIpc) is 3.19. The van der Waals surface area contributed by atoms with Crippen LogP contribution in [0.1, 0.15) is 40.5 Å². The molecule has 3 atom stereocenters. The maximum absolute atomic E-state index is 14.1. The molecule has 1 rings (SSSR count). The van der Waals surface area contributed by atoms with Gasteiger partial charge in [-0.3, -0.25) is 9.89 Å². The number of nitrogens with one attached hydrogen (secondary N) is 2. The predicted molar refractivity (Wildman–Crippen MR) is 135 cm³/mol. The number of alkyl halides is 1. The fourth-order valence-corrected chi connectivity index (χ4v) is 4.37. The second-order valence-corrected chi connectivity index (χ2v) is 8.83. The molecule has 5 nitrogen and oxygen atoms in total. The van der Waals surface area contributed by atoms with Gasteiger partial charge in [-0.2, -0.15) is 0 Å². The lowest BCUT2D eigenvalue weighted by atomic mass is 10.1. The Kier molecular flexibility index (Phi) is 15.7. The van der Waals surface area contributed by atoms with Crippen molar-refractivity contribution in [3.63, 3.8) is 0 Å². The van der Waals surface area contributed by atoms with E-state index in [1.165, 1.54) is 0 Å². The first-order valence-corrected chi connectivity index (χ1v) is 12.4. The molecular weight excluding hydrogens is 411 g/mol. The lowest BCUT2D eigenvalue weighted by molar-refractivity contribution is 0.105. The molecule has 0 aromatic carbocycles. The minimum Gasteiger partial charge on any atom is -0.389 e. The topological polar surface area (TPSA) is 48.9 Å². The van der Waals surface area contributed by atoms with Gasteiger partial charge in [-0.15, -0.1) is 0 Å². The summed E-state index contributed by atoms with van der Waals surface area (Å²) in [6.07, 6.45) is 9.27. The Morgan fingerprint density at radius 3 is 2.84 bits per heavy atom. The van der Waals surface area contributed by atoms with Crippen molar-refractivity contribution in [3.05, 3.63) is 34.2 Å². The zero-order valence-electron chi connectivity index (χ0n) is 20.1. The highest BCUT2D eigenvalue weighted by Crippen LogP contribution is 2.27. The van der Waals surface area contributed by atoms with Gasteiger partial charge in [0.1, 0.15) is 6.17 Å². The smallest absolute Gasteiger partial charge is 0.136 e. The monoisotopic (exact) mass is 454 g/mol. The highest BCUT2D eigenvalue weighted by molar-refractivity contribution is 8.06. The zero-order valence-corrected chi connectivity index (χ0v) is 20.9. The van der Waals surface area contributed by atoms with Crippen LogP contribution in [0.3, 0.4) is 0 Å². The molecule has 3 unspecified atom stereocenters. The summed E-state index contributed by atoms with van der Waals surface area (Å²) in [7, 11) is 1.83. The van der Waals surface area contributed by atoms with Gasteiger partial charge in [0.25, 0.3) is 0 Å². The Morgan fingerprint density at radius 1 is 1.42 bits per heavy atom. The number of rotatable bonds is 16. The normalized spacial score (nSPS) is 21.1. The van der Waals surface area contributed by atoms with E-state index in [0.717, 1.165) is 56.2 Å². The summed E-state index contributed by atoms with van der Waals surface area (Å²) in [5.41, 5.74) is 0.846. The maximum atomic E-state index is 14.1. The Balaban J connectivity index is 2.61. The van der Waals surface area contributed by atoms with E-state index in [-0.39, 0.29) is 6.04 Å². The van der Waals surface area contributed by atoms with Crippen molar-refractivity contribution in [3.8, 4) is 0 Å². The van der Waals surface area contributed by atoms with Gasteiger partial charge in [0.15, 0.2) is 0 Å². The second kappa shape index (κ2) is 17.4. The van der Waals surface area contributed by atoms with Gasteiger partial charge in [-0.25, -0.2) is 4.39 Å². The molecule has 1 fully saturated rings. The highest BCUT2D eigenvalue weighted by Gasteiger charge is 2.22. The highest BCUT2D eigenvalue weighted by atomic mass is 32.2. The van der Waals surface area contributed by atoms with Crippen LogP contribution in [0, 0.1) is 5.92 Å². The summed E-state index contributed by atoms with van der Waals surface area (Å²) in [4.78, 5) is 7.78. The van der Waals surface area contributed by atoms with Gasteiger partial charge in [0, 0.05) is 57.2 Å². The molecule has 0 aliphatic carbocycles. The number of thioether (sulfide) groups is 1. The molecule has 0 saturated carbocycles. The van der Waals surface area contributed by atoms with Crippen LogP contribution in [0.25, 0.3) is 0 Å². The molecule has 0 radical (unpaired) electrons. The van der Waals surface area contributed by atoms with Crippen LogP contribution in [0.15, 0.2) is 39.2 Å². The summed E-state index contributed by atoms with van der Waals surface area (Å²) in [5, 5.41) is 8.52. The van der Waals surface area contributed by atoms with Crippen molar-refractivity contribution < 1.29 is 9.13 Å². The Hall–Kier alpha value is -1.15. The largest absolute Gasteiger partial charge is 0.389 e. The molecule has 1 saturated heterocycles. The Labute approximate surface area is 193 Å². The van der Waals surface area contributed by atoms with Gasteiger partial charge in [-0.1, -0.05) is 37.8 Å². The molecule has 0 amide bonds. The fourth-order valence-electron chi connectivity index (χ4n) is 3.49. The minimum atomic E-state index is -0.891. The van der Waals surface area contributed by atoms with E-state index in [1.807, 2.05) is 50.9 Å². The Bertz CT molecular complexity index is 594. The first-order valence-electron chi connectivity index (χ1n) is 11.6. The number of nitrogens with zero attached hydrogens (tertiary/aromatic N) is 2. The van der Waals surface area contributed by atoms with Crippen molar-refractivity contribution in [2.45, 2.75) is 52.8 Å². The average molecular weight is 455 g/mol. The predicted octanol–water partition coefficient (Wildman–Crippen LogP) is 4.40. The molecule has 0 aromatic heterocycles. The maximum Gasteiger partial charge on any atom is 0.136 e. The molecule has 31 heavy (non-hydrogen) atoms. The van der Waals surface area contributed by atoms with Crippen LogP contribution in [0.2, 0.25) is 0 Å². The van der Waals surface area contributed by atoms with E-state index < -0.39 is 6.17 Å². The molecule has 0 spiro atoms. The quantitative estimate of drug-likeness (QED) is 0.339. The summed E-state index contributed by atoms with van der Waals surface area (Å²) in [5.74, 6) is 0.547. The molecule has 178 valence electrons. The summed E-state index contributed by atoms with van der Waals surface area (Å²) < 4.78 is 19.6. The summed E-state index contributed by atoms with van der Waals surface area (Å²) >= 11 is 1.56. The third kappa shape index (κ3) is 11.3. The minimum absolute atomic E-state index is 0.238. The van der Waals surface area contributed by atoms with E-state index in [9.17, 15) is 4.39 Å². The number of hydrogen-bond acceptors (Lipinski definition) is 6. The lowest BCUT2D eigenvalue weighted by Crippen LogP contribution is -2.44. The van der Waals surface area contributed by atoms with Crippen molar-refractivity contribution in [2.24, 2.45) is 10.9 Å². The second-order valence-electron chi connectivity index (χ2n) is 7.88. The van der Waals surface area contributed by atoms with E-state index in [2.05, 4.69) is 34.4 Å². The summed E-state index contributed by atoms with van der Waals surface area (Å²) in [6.45, 7) is 14.0. The van der Waals surface area contributed by atoms with E-state index in [1.54, 1.807) is 11.8 Å². The molecule has 1 aliphatic rings. The molecule has 0 bridgehead atoms. The number of allylic oxidation sites excluding steroid dienone is 2. The fraction of sp³-hybridized carbons (Fsp3) is 0.708. The Morgan fingerprint density at radius 2 is 2.23 bits per heavy atom. The molecule has 2 N–H and O–H groups in total. The van der Waals surface area contributed by atoms with Gasteiger partial charge in [-0.05, 0) is 56.7 Å². The molecule has 0 aromatic rings. The van der Waals surface area contributed by atoms with Crippen LogP contribution in [-0.4, -0.2) is 76.3 Å². The third-order valence-electron chi connectivity index (χ3n) is 5.18. The van der Waals surface area contributed by atoms with Crippen LogP contribution < -0.4 is 10.6 Å². The van der Waals surface area contributed by atoms with Gasteiger partial charge in [0.2, 0.25) is 0 Å². The lowest BCUT2D eigenvalue weighted by Gasteiger charge is -2.30. The number of hydrogen-bond donors (Lipinski definition) is 2. The first kappa shape index (κ1) is 27.9. The van der Waals surface area contributed by atoms with Crippen LogP contribution in [-0.2, 0) is 4.74 Å².